The molecule has 0 aliphatic heterocycles. The Morgan fingerprint density at radius 2 is 2.11 bits per heavy atom. The van der Waals surface area contributed by atoms with Crippen LogP contribution in [-0.2, 0) is 4.79 Å². The van der Waals surface area contributed by atoms with Crippen molar-refractivity contribution in [1.29, 1.82) is 0 Å². The van der Waals surface area contributed by atoms with Gasteiger partial charge in [-0.15, -0.1) is 0 Å². The Morgan fingerprint density at radius 3 is 2.68 bits per heavy atom. The molecule has 1 heterocycles. The number of furan rings is 1. The van der Waals surface area contributed by atoms with E-state index in [0.717, 1.165) is 0 Å². The van der Waals surface area contributed by atoms with Gasteiger partial charge in [-0.25, -0.2) is 4.79 Å². The van der Waals surface area contributed by atoms with Crippen molar-refractivity contribution in [3.8, 4) is 0 Å². The van der Waals surface area contributed by atoms with Crippen LogP contribution in [0.5, 0.6) is 0 Å². The van der Waals surface area contributed by atoms with E-state index in [2.05, 4.69) is 0 Å². The molecule has 0 atom stereocenters. The molecule has 98 valence electrons. The Morgan fingerprint density at radius 1 is 1.37 bits per heavy atom. The average molecular weight is 299 g/mol. The molecule has 0 spiro atoms. The first-order valence-corrected chi connectivity index (χ1v) is 6.03. The minimum Gasteiger partial charge on any atom is -0.478 e. The Labute approximate surface area is 118 Å². The highest BCUT2D eigenvalue weighted by molar-refractivity contribution is 6.37. The molecule has 0 bridgehead atoms. The zero-order chi connectivity index (χ0) is 14.0. The Kier molecular flexibility index (Phi) is 3.93. The van der Waals surface area contributed by atoms with E-state index in [1.807, 2.05) is 0 Å². The van der Waals surface area contributed by atoms with Gasteiger partial charge in [0.1, 0.15) is 5.76 Å². The van der Waals surface area contributed by atoms with Crippen molar-refractivity contribution in [2.24, 2.45) is 0 Å². The maximum absolute atomic E-state index is 11.1. The molecule has 4 nitrogen and oxygen atoms in total. The van der Waals surface area contributed by atoms with Crippen LogP contribution >= 0.6 is 23.2 Å². The van der Waals surface area contributed by atoms with Crippen LogP contribution in [0.4, 0.5) is 0 Å². The first-order chi connectivity index (χ1) is 9.02. The Balaban J connectivity index is 2.53. The zero-order valence-electron chi connectivity index (χ0n) is 9.52. The highest BCUT2D eigenvalue weighted by Crippen LogP contribution is 2.33. The van der Waals surface area contributed by atoms with Crippen LogP contribution in [0.1, 0.15) is 22.7 Å². The van der Waals surface area contributed by atoms with E-state index in [1.165, 1.54) is 18.2 Å². The lowest BCUT2D eigenvalue weighted by molar-refractivity contribution is -0.132. The number of carbonyl (C=O) groups is 2. The van der Waals surface area contributed by atoms with Crippen LogP contribution in [-0.4, -0.2) is 17.4 Å². The molecule has 0 aromatic carbocycles. The van der Waals surface area contributed by atoms with Gasteiger partial charge in [0.15, 0.2) is 12.0 Å². The third-order valence-electron chi connectivity index (χ3n) is 2.54. The van der Waals surface area contributed by atoms with Gasteiger partial charge in [-0.2, -0.15) is 0 Å². The minimum atomic E-state index is -1.16. The lowest BCUT2D eigenvalue weighted by Gasteiger charge is -2.02. The summed E-state index contributed by atoms with van der Waals surface area (Å²) in [5.74, 6) is -0.696. The van der Waals surface area contributed by atoms with Crippen molar-refractivity contribution < 1.29 is 19.1 Å². The van der Waals surface area contributed by atoms with Crippen LogP contribution in [0.2, 0.25) is 0 Å². The summed E-state index contributed by atoms with van der Waals surface area (Å²) >= 11 is 12.0. The summed E-state index contributed by atoms with van der Waals surface area (Å²) in [6, 6.07) is 3.03. The van der Waals surface area contributed by atoms with Crippen molar-refractivity contribution in [2.45, 2.75) is 6.42 Å². The Hall–Kier alpha value is -1.78. The molecule has 19 heavy (non-hydrogen) atoms. The molecule has 0 saturated carbocycles. The van der Waals surface area contributed by atoms with Crippen LogP contribution in [0.3, 0.4) is 0 Å². The largest absolute Gasteiger partial charge is 0.478 e. The number of allylic oxidation sites excluding steroid dienone is 4. The predicted octanol–water partition coefficient (Wildman–Crippen LogP) is 3.58. The molecule has 1 N–H and O–H groups in total. The molecule has 0 saturated heterocycles. The maximum atomic E-state index is 11.1. The number of rotatable bonds is 3. The van der Waals surface area contributed by atoms with Crippen molar-refractivity contribution in [3.05, 3.63) is 51.4 Å². The first kappa shape index (κ1) is 13.6. The molecule has 1 aromatic heterocycles. The molecule has 0 unspecified atom stereocenters. The fraction of sp³-hybridized carbons (Fsp3) is 0.0769. The highest BCUT2D eigenvalue weighted by Gasteiger charge is 2.19. The topological polar surface area (TPSA) is 67.5 Å². The van der Waals surface area contributed by atoms with Gasteiger partial charge < -0.3 is 9.52 Å². The summed E-state index contributed by atoms with van der Waals surface area (Å²) in [5, 5.41) is 9.59. The number of carboxylic acids is 1. The molecule has 0 amide bonds. The van der Waals surface area contributed by atoms with Gasteiger partial charge in [0.05, 0.1) is 10.6 Å². The van der Waals surface area contributed by atoms with E-state index in [9.17, 15) is 9.59 Å². The van der Waals surface area contributed by atoms with E-state index in [-0.39, 0.29) is 16.4 Å². The average Bonchev–Trinajstić information content (AvgIpc) is 2.79. The molecule has 0 radical (unpaired) electrons. The first-order valence-electron chi connectivity index (χ1n) is 5.28. The number of halogens is 2. The van der Waals surface area contributed by atoms with E-state index >= 15 is 0 Å². The quantitative estimate of drug-likeness (QED) is 0.866. The van der Waals surface area contributed by atoms with Gasteiger partial charge in [0.2, 0.25) is 0 Å². The Bertz CT molecular complexity index is 635. The van der Waals surface area contributed by atoms with Gasteiger partial charge >= 0.3 is 5.97 Å². The molecular formula is C13H8Cl2O4. The van der Waals surface area contributed by atoms with Gasteiger partial charge in [-0.1, -0.05) is 29.3 Å². The van der Waals surface area contributed by atoms with Crippen molar-refractivity contribution >= 4 is 41.0 Å². The van der Waals surface area contributed by atoms with E-state index in [1.54, 1.807) is 6.07 Å². The van der Waals surface area contributed by atoms with E-state index in [4.69, 9.17) is 32.7 Å². The number of aldehydes is 1. The highest BCUT2D eigenvalue weighted by atomic mass is 35.5. The summed E-state index contributed by atoms with van der Waals surface area (Å²) in [6.45, 7) is 0. The normalized spacial score (nSPS) is 15.7. The number of carbonyl (C=O) groups excluding carboxylic acids is 1. The smallest absolute Gasteiger partial charge is 0.337 e. The van der Waals surface area contributed by atoms with Crippen molar-refractivity contribution in [3.63, 3.8) is 0 Å². The van der Waals surface area contributed by atoms with E-state index in [0.29, 0.717) is 29.1 Å². The molecule has 1 aliphatic rings. The molecule has 0 fully saturated rings. The number of hydrogen-bond donors (Lipinski definition) is 1. The molecule has 2 rings (SSSR count). The number of hydrogen-bond acceptors (Lipinski definition) is 3. The minimum absolute atomic E-state index is 0.0728. The SMILES string of the molecule is O=Cc1ccc(C2=C(Cl)CC=C(Cl)C(C(=O)O)=C2)o1. The zero-order valence-corrected chi connectivity index (χ0v) is 11.0. The van der Waals surface area contributed by atoms with Crippen LogP contribution in [0, 0.1) is 0 Å². The monoisotopic (exact) mass is 298 g/mol. The van der Waals surface area contributed by atoms with Crippen LogP contribution in [0.15, 0.2) is 44.3 Å². The van der Waals surface area contributed by atoms with Crippen molar-refractivity contribution in [2.75, 3.05) is 0 Å². The van der Waals surface area contributed by atoms with Crippen LogP contribution in [0.25, 0.3) is 5.57 Å². The predicted molar refractivity (Wildman–Crippen MR) is 71.1 cm³/mol. The third kappa shape index (κ3) is 2.80. The maximum Gasteiger partial charge on any atom is 0.337 e. The molecule has 6 heteroatoms. The fourth-order valence-corrected chi connectivity index (χ4v) is 2.06. The van der Waals surface area contributed by atoms with Gasteiger partial charge in [0.25, 0.3) is 0 Å². The van der Waals surface area contributed by atoms with Gasteiger partial charge in [-0.05, 0) is 18.2 Å². The third-order valence-corrected chi connectivity index (χ3v) is 3.25. The molecule has 1 aliphatic carbocycles. The number of aliphatic carboxylic acids is 1. The fourth-order valence-electron chi connectivity index (χ4n) is 1.62. The summed E-state index contributed by atoms with van der Waals surface area (Å²) < 4.78 is 5.25. The lowest BCUT2D eigenvalue weighted by Crippen LogP contribution is -2.00. The summed E-state index contributed by atoms with van der Waals surface area (Å²) in [4.78, 5) is 21.7. The second-order valence-electron chi connectivity index (χ2n) is 3.76. The summed E-state index contributed by atoms with van der Waals surface area (Å²) in [5.41, 5.74) is 0.329. The van der Waals surface area contributed by atoms with Gasteiger partial charge in [0, 0.05) is 17.0 Å². The van der Waals surface area contributed by atoms with Crippen LogP contribution < -0.4 is 0 Å². The van der Waals surface area contributed by atoms with Gasteiger partial charge in [-0.3, -0.25) is 4.79 Å². The van der Waals surface area contributed by atoms with E-state index < -0.39 is 5.97 Å². The van der Waals surface area contributed by atoms with Crippen molar-refractivity contribution in [1.82, 2.24) is 0 Å². The molecule has 1 aromatic rings. The molecular weight excluding hydrogens is 291 g/mol. The summed E-state index contributed by atoms with van der Waals surface area (Å²) in [7, 11) is 0. The number of carboxylic acid groups (broad SMARTS) is 1. The lowest BCUT2D eigenvalue weighted by atomic mass is 10.1. The second-order valence-corrected chi connectivity index (χ2v) is 4.62. The second kappa shape index (κ2) is 5.47. The standard InChI is InChI=1S/C13H8Cl2O4/c14-10-2-3-11(15)9(13(17)18)5-8(10)12-4-1-7(6-16)19-12/h1,3-6H,2H2,(H,17,18). The summed E-state index contributed by atoms with van der Waals surface area (Å²) in [6.07, 6.45) is 3.70.